The molecule has 0 heterocycles. The second-order valence-corrected chi connectivity index (χ2v) is 8.41. The zero-order valence-corrected chi connectivity index (χ0v) is 18.4. The maximum absolute atomic E-state index is 13.9. The largest absolute Gasteiger partial charge is 0.462 e. The molecule has 0 saturated heterocycles. The van der Waals surface area contributed by atoms with Gasteiger partial charge in [-0.15, -0.1) is 0 Å². The van der Waals surface area contributed by atoms with E-state index in [0.717, 1.165) is 0 Å². The van der Waals surface area contributed by atoms with Crippen molar-refractivity contribution in [1.82, 2.24) is 0 Å². The normalized spacial score (nSPS) is 13.3. The minimum Gasteiger partial charge on any atom is -0.462 e. The van der Waals surface area contributed by atoms with E-state index in [1.165, 1.54) is 37.3 Å². The molecule has 0 fully saturated rings. The Morgan fingerprint density at radius 2 is 1.36 bits per heavy atom. The van der Waals surface area contributed by atoms with Gasteiger partial charge in [-0.1, -0.05) is 30.3 Å². The second kappa shape index (κ2) is 9.63. The first-order valence-electron chi connectivity index (χ1n) is 9.37. The highest BCUT2D eigenvalue weighted by atomic mass is 32.2. The standard InChI is InChI=1S/C20H13F9O6S/c1-2-34-16(31)13-9-8-12(10-14(13)15(30)11-6-4-3-5-7-11)35-36(32,33)20(28,29)18(23,24)17(21,22)19(25,26)27/h3-10H,2H2,1H3. The highest BCUT2D eigenvalue weighted by molar-refractivity contribution is 7.88. The third-order valence-corrected chi connectivity index (χ3v) is 5.70. The Hall–Kier alpha value is -3.30. The zero-order chi connectivity index (χ0) is 27.7. The summed E-state index contributed by atoms with van der Waals surface area (Å²) in [5.41, 5.74) is -1.44. The van der Waals surface area contributed by atoms with Crippen molar-refractivity contribution in [1.29, 1.82) is 0 Å². The van der Waals surface area contributed by atoms with Crippen LogP contribution in [0.4, 0.5) is 39.5 Å². The van der Waals surface area contributed by atoms with Crippen LogP contribution in [0.15, 0.2) is 48.5 Å². The predicted octanol–water partition coefficient (Wildman–Crippen LogP) is 5.23. The summed E-state index contributed by atoms with van der Waals surface area (Å²) in [5.74, 6) is -18.6. The molecule has 0 spiro atoms. The van der Waals surface area contributed by atoms with Crippen LogP contribution >= 0.6 is 0 Å². The number of hydrogen-bond acceptors (Lipinski definition) is 6. The molecule has 36 heavy (non-hydrogen) atoms. The monoisotopic (exact) mass is 552 g/mol. The molecule has 2 aromatic rings. The molecule has 6 nitrogen and oxygen atoms in total. The molecular weight excluding hydrogens is 539 g/mol. The van der Waals surface area contributed by atoms with Gasteiger partial charge < -0.3 is 8.92 Å². The third kappa shape index (κ3) is 4.99. The molecule has 0 unspecified atom stereocenters. The Balaban J connectivity index is 2.58. The SMILES string of the molecule is CCOC(=O)c1ccc(OS(=O)(=O)C(F)(F)C(F)(F)C(F)(F)C(F)(F)F)cc1C(=O)c1ccccc1. The third-order valence-electron chi connectivity index (χ3n) is 4.40. The number of benzene rings is 2. The molecule has 0 N–H and O–H groups in total. The van der Waals surface area contributed by atoms with E-state index in [1.807, 2.05) is 0 Å². The summed E-state index contributed by atoms with van der Waals surface area (Å²) in [4.78, 5) is 24.9. The van der Waals surface area contributed by atoms with Crippen molar-refractivity contribution >= 4 is 21.9 Å². The molecule has 0 aromatic heterocycles. The second-order valence-electron chi connectivity index (χ2n) is 6.82. The van der Waals surface area contributed by atoms with Crippen molar-refractivity contribution in [3.05, 3.63) is 65.2 Å². The molecule has 2 rings (SSSR count). The van der Waals surface area contributed by atoms with Crippen LogP contribution in [0.5, 0.6) is 5.75 Å². The van der Waals surface area contributed by atoms with Gasteiger partial charge in [0.15, 0.2) is 5.78 Å². The number of hydrogen-bond donors (Lipinski definition) is 0. The number of carbonyl (C=O) groups is 2. The average Bonchev–Trinajstić information content (AvgIpc) is 2.77. The Morgan fingerprint density at radius 3 is 1.86 bits per heavy atom. The van der Waals surface area contributed by atoms with Crippen molar-refractivity contribution in [3.8, 4) is 5.75 Å². The van der Waals surface area contributed by atoms with E-state index in [4.69, 9.17) is 4.74 Å². The summed E-state index contributed by atoms with van der Waals surface area (Å²) in [6.45, 7) is 1.17. The van der Waals surface area contributed by atoms with E-state index in [2.05, 4.69) is 4.18 Å². The van der Waals surface area contributed by atoms with Crippen LogP contribution in [0.2, 0.25) is 0 Å². The Bertz CT molecular complexity index is 1240. The smallest absolute Gasteiger partial charge is 0.460 e. The zero-order valence-electron chi connectivity index (χ0n) is 17.6. The molecule has 16 heteroatoms. The maximum atomic E-state index is 13.9. The number of halogens is 9. The number of alkyl halides is 9. The van der Waals surface area contributed by atoms with Crippen LogP contribution in [0, 0.1) is 0 Å². The number of ketones is 1. The summed E-state index contributed by atoms with van der Waals surface area (Å²) in [6, 6.07) is 7.97. The predicted molar refractivity (Wildman–Crippen MR) is 103 cm³/mol. The van der Waals surface area contributed by atoms with Crippen LogP contribution in [-0.2, 0) is 14.9 Å². The van der Waals surface area contributed by atoms with Gasteiger partial charge >= 0.3 is 39.4 Å². The van der Waals surface area contributed by atoms with E-state index in [1.54, 1.807) is 0 Å². The summed E-state index contributed by atoms with van der Waals surface area (Å²) in [6.07, 6.45) is -7.26. The fraction of sp³-hybridized carbons (Fsp3) is 0.300. The number of carbonyl (C=O) groups excluding carboxylic acids is 2. The van der Waals surface area contributed by atoms with Gasteiger partial charge in [-0.05, 0) is 25.1 Å². The van der Waals surface area contributed by atoms with Gasteiger partial charge in [-0.3, -0.25) is 4.79 Å². The molecule has 2 aromatic carbocycles. The first kappa shape index (κ1) is 28.9. The fourth-order valence-electron chi connectivity index (χ4n) is 2.59. The lowest BCUT2D eigenvalue weighted by Gasteiger charge is -2.32. The van der Waals surface area contributed by atoms with Gasteiger partial charge in [0.05, 0.1) is 12.2 Å². The van der Waals surface area contributed by atoms with Gasteiger partial charge in [0.25, 0.3) is 0 Å². The molecule has 0 aliphatic rings. The number of esters is 1. The highest BCUT2D eigenvalue weighted by Gasteiger charge is 2.86. The van der Waals surface area contributed by atoms with Crippen molar-refractivity contribution < 1.29 is 66.4 Å². The number of rotatable bonds is 9. The molecular formula is C20H13F9O6S. The summed E-state index contributed by atoms with van der Waals surface area (Å²) >= 11 is 0. The van der Waals surface area contributed by atoms with Crippen LogP contribution in [-0.4, -0.2) is 50.1 Å². The van der Waals surface area contributed by atoms with Crippen LogP contribution in [0.3, 0.4) is 0 Å². The molecule has 0 radical (unpaired) electrons. The Morgan fingerprint density at radius 1 is 0.806 bits per heavy atom. The minimum atomic E-state index is -7.51. The Labute approximate surface area is 196 Å². The van der Waals surface area contributed by atoms with Gasteiger partial charge in [0.1, 0.15) is 5.75 Å². The van der Waals surface area contributed by atoms with E-state index in [0.29, 0.717) is 18.2 Å². The average molecular weight is 552 g/mol. The van der Waals surface area contributed by atoms with Gasteiger partial charge in [0, 0.05) is 11.1 Å². The van der Waals surface area contributed by atoms with Gasteiger partial charge in [0.2, 0.25) is 0 Å². The molecule has 0 amide bonds. The first-order valence-corrected chi connectivity index (χ1v) is 10.8. The maximum Gasteiger partial charge on any atom is 0.460 e. The highest BCUT2D eigenvalue weighted by Crippen LogP contribution is 2.55. The van der Waals surface area contributed by atoms with Crippen molar-refractivity contribution in [2.45, 2.75) is 30.2 Å². The first-order chi connectivity index (χ1) is 16.3. The quantitative estimate of drug-likeness (QED) is 0.183. The van der Waals surface area contributed by atoms with E-state index in [-0.39, 0.29) is 12.2 Å². The Kier molecular flexibility index (Phi) is 7.74. The minimum absolute atomic E-state index is 0.135. The molecule has 198 valence electrons. The van der Waals surface area contributed by atoms with Crippen molar-refractivity contribution in [2.24, 2.45) is 0 Å². The van der Waals surface area contributed by atoms with Gasteiger partial charge in [-0.25, -0.2) is 4.79 Å². The van der Waals surface area contributed by atoms with Crippen LogP contribution < -0.4 is 4.18 Å². The molecule has 0 aliphatic carbocycles. The summed E-state index contributed by atoms with van der Waals surface area (Å²) < 4.78 is 150. The lowest BCUT2D eigenvalue weighted by atomic mass is 9.98. The molecule has 0 saturated carbocycles. The van der Waals surface area contributed by atoms with Gasteiger partial charge in [-0.2, -0.15) is 47.9 Å². The van der Waals surface area contributed by atoms with E-state index < -0.39 is 62.0 Å². The summed E-state index contributed by atoms with van der Waals surface area (Å²) in [5, 5.41) is -7.11. The number of ether oxygens (including phenoxy) is 1. The topological polar surface area (TPSA) is 86.7 Å². The molecule has 0 aliphatic heterocycles. The fourth-order valence-corrected chi connectivity index (χ4v) is 3.50. The molecule has 0 bridgehead atoms. The van der Waals surface area contributed by atoms with Crippen molar-refractivity contribution in [3.63, 3.8) is 0 Å². The lowest BCUT2D eigenvalue weighted by Crippen LogP contribution is -2.63. The van der Waals surface area contributed by atoms with Crippen molar-refractivity contribution in [2.75, 3.05) is 6.61 Å². The van der Waals surface area contributed by atoms with E-state index >= 15 is 0 Å². The van der Waals surface area contributed by atoms with Crippen LogP contribution in [0.25, 0.3) is 0 Å². The van der Waals surface area contributed by atoms with E-state index in [9.17, 15) is 57.5 Å². The lowest BCUT2D eigenvalue weighted by molar-refractivity contribution is -0.382. The molecule has 0 atom stereocenters. The van der Waals surface area contributed by atoms with Crippen LogP contribution in [0.1, 0.15) is 33.2 Å². The summed E-state index contributed by atoms with van der Waals surface area (Å²) in [7, 11) is -7.26.